The number of hydrogen-bond acceptors (Lipinski definition) is 6. The average Bonchev–Trinajstić information content (AvgIpc) is 3.44. The summed E-state index contributed by atoms with van der Waals surface area (Å²) < 4.78 is 14.7. The first kappa shape index (κ1) is 24.2. The largest absolute Gasteiger partial charge is 0.459 e. The Balaban J connectivity index is 1.56. The number of carbonyl (C=O) groups is 1. The molecule has 1 saturated heterocycles. The molecule has 1 aliphatic rings. The van der Waals surface area contributed by atoms with Crippen LogP contribution in [0.5, 0.6) is 0 Å². The summed E-state index contributed by atoms with van der Waals surface area (Å²) in [5.41, 5.74) is 4.56. The number of rotatable bonds is 8. The van der Waals surface area contributed by atoms with Crippen molar-refractivity contribution < 1.29 is 14.3 Å². The van der Waals surface area contributed by atoms with Gasteiger partial charge in [0.15, 0.2) is 0 Å². The third-order valence-electron chi connectivity index (χ3n) is 6.37. The van der Waals surface area contributed by atoms with E-state index in [9.17, 15) is 9.59 Å². The first-order valence-electron chi connectivity index (χ1n) is 12.0. The van der Waals surface area contributed by atoms with Crippen molar-refractivity contribution in [2.45, 2.75) is 59.4 Å². The minimum atomic E-state index is -0.395. The van der Waals surface area contributed by atoms with Gasteiger partial charge in [-0.1, -0.05) is 19.9 Å². The first-order valence-corrected chi connectivity index (χ1v) is 12.0. The van der Waals surface area contributed by atoms with Gasteiger partial charge in [0.05, 0.1) is 24.2 Å². The third kappa shape index (κ3) is 4.93. The molecule has 3 heterocycles. The second kappa shape index (κ2) is 10.1. The van der Waals surface area contributed by atoms with E-state index in [-0.39, 0.29) is 23.6 Å². The first-order chi connectivity index (χ1) is 16.3. The Morgan fingerprint density at radius 3 is 2.76 bits per heavy atom. The maximum absolute atomic E-state index is 12.7. The molecule has 8 nitrogen and oxygen atoms in total. The molecule has 182 valence electrons. The Morgan fingerprint density at radius 1 is 1.32 bits per heavy atom. The van der Waals surface area contributed by atoms with E-state index < -0.39 is 6.04 Å². The minimum Gasteiger partial charge on any atom is -0.459 e. The highest BCUT2D eigenvalue weighted by Crippen LogP contribution is 2.26. The molecule has 4 rings (SSSR count). The van der Waals surface area contributed by atoms with Crippen molar-refractivity contribution in [3.63, 3.8) is 0 Å². The number of aromatic nitrogens is 3. The van der Waals surface area contributed by atoms with Crippen molar-refractivity contribution >= 4 is 17.0 Å². The summed E-state index contributed by atoms with van der Waals surface area (Å²) in [5, 5.41) is 3.37. The second-order valence-electron chi connectivity index (χ2n) is 9.36. The number of benzene rings is 1. The van der Waals surface area contributed by atoms with Crippen molar-refractivity contribution in [2.75, 3.05) is 13.2 Å². The molecule has 0 bridgehead atoms. The van der Waals surface area contributed by atoms with Gasteiger partial charge in [0.25, 0.3) is 5.56 Å². The third-order valence-corrected chi connectivity index (χ3v) is 6.37. The lowest BCUT2D eigenvalue weighted by Gasteiger charge is -2.22. The Labute approximate surface area is 199 Å². The van der Waals surface area contributed by atoms with Crippen LogP contribution in [-0.4, -0.2) is 45.4 Å². The fourth-order valence-corrected chi connectivity index (χ4v) is 4.49. The zero-order valence-electron chi connectivity index (χ0n) is 20.6. The molecular weight excluding hydrogens is 432 g/mol. The van der Waals surface area contributed by atoms with Crippen LogP contribution in [-0.2, 0) is 34.4 Å². The van der Waals surface area contributed by atoms with Crippen LogP contribution < -0.4 is 10.9 Å². The normalized spacial score (nSPS) is 16.9. The van der Waals surface area contributed by atoms with Crippen molar-refractivity contribution in [1.29, 1.82) is 0 Å². The fourth-order valence-electron chi connectivity index (χ4n) is 4.49. The van der Waals surface area contributed by atoms with Gasteiger partial charge in [-0.25, -0.2) is 4.98 Å². The van der Waals surface area contributed by atoms with Crippen molar-refractivity contribution in [3.05, 3.63) is 51.9 Å². The molecule has 0 aliphatic carbocycles. The Morgan fingerprint density at radius 2 is 2.12 bits per heavy atom. The minimum absolute atomic E-state index is 0.00467. The van der Waals surface area contributed by atoms with Crippen molar-refractivity contribution in [3.8, 4) is 11.4 Å². The molecule has 2 aromatic heterocycles. The van der Waals surface area contributed by atoms with E-state index in [1.165, 1.54) is 0 Å². The van der Waals surface area contributed by atoms with Gasteiger partial charge in [0.1, 0.15) is 18.0 Å². The standard InChI is InChI=1S/C26H34N4O4/c1-6-30-22-8-7-18(13-27-23(16(2)3)26(32)34-20-9-10-33-15-20)12-21(22)28-24(30)19-11-17(4)25(31)29(5)14-19/h7-8,11-12,14,16,20,23,27H,6,9-10,13,15H2,1-5H3/t20-,23-/m0/s1. The molecule has 0 unspecified atom stereocenters. The van der Waals surface area contributed by atoms with Crippen LogP contribution >= 0.6 is 0 Å². The summed E-state index contributed by atoms with van der Waals surface area (Å²) in [5.74, 6) is 0.704. The van der Waals surface area contributed by atoms with Gasteiger partial charge in [-0.05, 0) is 43.5 Å². The molecule has 3 aromatic rings. The summed E-state index contributed by atoms with van der Waals surface area (Å²) in [7, 11) is 1.76. The maximum Gasteiger partial charge on any atom is 0.323 e. The quantitative estimate of drug-likeness (QED) is 0.513. The predicted molar refractivity (Wildman–Crippen MR) is 132 cm³/mol. The maximum atomic E-state index is 12.7. The zero-order chi connectivity index (χ0) is 24.4. The van der Waals surface area contributed by atoms with Crippen LogP contribution in [0.1, 0.15) is 38.3 Å². The molecule has 0 radical (unpaired) electrons. The van der Waals surface area contributed by atoms with Gasteiger partial charge in [-0.15, -0.1) is 0 Å². The Hall–Kier alpha value is -2.97. The van der Waals surface area contributed by atoms with Crippen LogP contribution in [0, 0.1) is 12.8 Å². The van der Waals surface area contributed by atoms with E-state index in [2.05, 4.69) is 35.0 Å². The highest BCUT2D eigenvalue weighted by molar-refractivity contribution is 5.81. The molecule has 1 aliphatic heterocycles. The lowest BCUT2D eigenvalue weighted by molar-refractivity contribution is -0.152. The van der Waals surface area contributed by atoms with Crippen LogP contribution in [0.4, 0.5) is 0 Å². The highest BCUT2D eigenvalue weighted by atomic mass is 16.6. The van der Waals surface area contributed by atoms with E-state index in [4.69, 9.17) is 14.5 Å². The Kier molecular flexibility index (Phi) is 7.19. The summed E-state index contributed by atoms with van der Waals surface area (Å²) in [6.07, 6.45) is 2.44. The number of imidazole rings is 1. The molecule has 34 heavy (non-hydrogen) atoms. The lowest BCUT2D eigenvalue weighted by atomic mass is 10.0. The molecule has 1 N–H and O–H groups in total. The van der Waals surface area contributed by atoms with Crippen LogP contribution in [0.15, 0.2) is 35.3 Å². The summed E-state index contributed by atoms with van der Waals surface area (Å²) >= 11 is 0. The molecule has 1 aromatic carbocycles. The number of pyridine rings is 1. The van der Waals surface area contributed by atoms with Gasteiger partial charge < -0.3 is 23.9 Å². The van der Waals surface area contributed by atoms with E-state index in [0.29, 0.717) is 25.3 Å². The van der Waals surface area contributed by atoms with Gasteiger partial charge in [0.2, 0.25) is 0 Å². The number of ether oxygens (including phenoxy) is 2. The van der Waals surface area contributed by atoms with E-state index in [1.807, 2.05) is 33.0 Å². The number of aryl methyl sites for hydroxylation is 3. The zero-order valence-corrected chi connectivity index (χ0v) is 20.6. The second-order valence-corrected chi connectivity index (χ2v) is 9.36. The van der Waals surface area contributed by atoms with Gasteiger partial charge in [-0.3, -0.25) is 9.59 Å². The summed E-state index contributed by atoms with van der Waals surface area (Å²) in [4.78, 5) is 29.8. The Bertz CT molecular complexity index is 1210. The van der Waals surface area contributed by atoms with Gasteiger partial charge in [-0.2, -0.15) is 0 Å². The molecule has 0 amide bonds. The molecule has 0 saturated carbocycles. The molecule has 2 atom stereocenters. The highest BCUT2D eigenvalue weighted by Gasteiger charge is 2.28. The van der Waals surface area contributed by atoms with E-state index >= 15 is 0 Å². The summed E-state index contributed by atoms with van der Waals surface area (Å²) in [6, 6.07) is 7.69. The number of hydrogen-bond donors (Lipinski definition) is 1. The molecule has 1 fully saturated rings. The number of carbonyl (C=O) groups excluding carboxylic acids is 1. The predicted octanol–water partition coefficient (Wildman–Crippen LogP) is 3.18. The molecule has 0 spiro atoms. The molecular formula is C26H34N4O4. The SMILES string of the molecule is CCn1c(-c2cc(C)c(=O)n(C)c2)nc2cc(CN[C@H](C(=O)O[C@H]3CCOC3)C(C)C)ccc21. The number of fused-ring (bicyclic) bond motifs is 1. The lowest BCUT2D eigenvalue weighted by Crippen LogP contribution is -2.43. The van der Waals surface area contributed by atoms with Gasteiger partial charge in [0, 0.05) is 43.9 Å². The number of nitrogens with zero attached hydrogens (tertiary/aromatic N) is 3. The smallest absolute Gasteiger partial charge is 0.323 e. The van der Waals surface area contributed by atoms with Crippen LogP contribution in [0.3, 0.4) is 0 Å². The van der Waals surface area contributed by atoms with Crippen molar-refractivity contribution in [1.82, 2.24) is 19.4 Å². The number of nitrogens with one attached hydrogen (secondary N) is 1. The van der Waals surface area contributed by atoms with Crippen LogP contribution in [0.2, 0.25) is 0 Å². The van der Waals surface area contributed by atoms with Crippen molar-refractivity contribution in [2.24, 2.45) is 13.0 Å². The van der Waals surface area contributed by atoms with E-state index in [0.717, 1.165) is 41.0 Å². The molecule has 8 heteroatoms. The van der Waals surface area contributed by atoms with Gasteiger partial charge >= 0.3 is 5.97 Å². The van der Waals surface area contributed by atoms with Crippen LogP contribution in [0.25, 0.3) is 22.4 Å². The van der Waals surface area contributed by atoms with E-state index in [1.54, 1.807) is 11.6 Å². The number of esters is 1. The monoisotopic (exact) mass is 466 g/mol. The summed E-state index contributed by atoms with van der Waals surface area (Å²) in [6.45, 7) is 10.3. The fraction of sp³-hybridized carbons (Fsp3) is 0.500. The average molecular weight is 467 g/mol. The topological polar surface area (TPSA) is 87.4 Å².